The van der Waals surface area contributed by atoms with E-state index in [0.29, 0.717) is 18.9 Å². The van der Waals surface area contributed by atoms with Crippen molar-refractivity contribution in [1.82, 2.24) is 34.4 Å². The lowest BCUT2D eigenvalue weighted by atomic mass is 10.1. The fourth-order valence-corrected chi connectivity index (χ4v) is 4.30. The van der Waals surface area contributed by atoms with Gasteiger partial charge in [-0.15, -0.1) is 16.4 Å². The van der Waals surface area contributed by atoms with Crippen LogP contribution < -0.4 is 0 Å². The van der Waals surface area contributed by atoms with Crippen LogP contribution in [0.5, 0.6) is 0 Å². The van der Waals surface area contributed by atoms with Gasteiger partial charge in [0.1, 0.15) is 12.7 Å². The number of carbonyl (C=O) groups excluding carboxylic acids is 1. The molecule has 4 aromatic rings. The summed E-state index contributed by atoms with van der Waals surface area (Å²) in [6.45, 7) is 1.30. The maximum absolute atomic E-state index is 13.1. The average molecular weight is 405 g/mol. The highest BCUT2D eigenvalue weighted by Gasteiger charge is 2.28. The van der Waals surface area contributed by atoms with Crippen molar-refractivity contribution in [3.8, 4) is 16.4 Å². The van der Waals surface area contributed by atoms with Crippen LogP contribution in [-0.2, 0) is 0 Å². The fourth-order valence-electron chi connectivity index (χ4n) is 3.60. The summed E-state index contributed by atoms with van der Waals surface area (Å²) < 4.78 is 3.63. The molecule has 1 aliphatic rings. The molecule has 1 fully saturated rings. The number of benzene rings is 1. The zero-order valence-electron chi connectivity index (χ0n) is 15.6. The Bertz CT molecular complexity index is 1080. The third-order valence-electron chi connectivity index (χ3n) is 5.10. The first-order valence-corrected chi connectivity index (χ1v) is 10.4. The summed E-state index contributed by atoms with van der Waals surface area (Å²) in [6, 6.07) is 14.0. The van der Waals surface area contributed by atoms with E-state index in [1.54, 1.807) is 28.7 Å². The van der Waals surface area contributed by atoms with E-state index in [1.807, 2.05) is 57.4 Å². The van der Waals surface area contributed by atoms with Gasteiger partial charge in [0.15, 0.2) is 5.82 Å². The van der Waals surface area contributed by atoms with Crippen molar-refractivity contribution in [3.05, 3.63) is 66.3 Å². The molecule has 29 heavy (non-hydrogen) atoms. The Labute approximate surface area is 171 Å². The van der Waals surface area contributed by atoms with E-state index in [4.69, 9.17) is 0 Å². The molecular formula is C20H19N7OS. The molecule has 5 rings (SSSR count). The van der Waals surface area contributed by atoms with Gasteiger partial charge in [-0.3, -0.25) is 4.79 Å². The van der Waals surface area contributed by atoms with Crippen molar-refractivity contribution in [3.63, 3.8) is 0 Å². The molecule has 0 bridgehead atoms. The molecule has 0 unspecified atom stereocenters. The number of rotatable bonds is 4. The van der Waals surface area contributed by atoms with E-state index in [0.717, 1.165) is 23.4 Å². The van der Waals surface area contributed by atoms with Gasteiger partial charge in [0.2, 0.25) is 5.82 Å². The second-order valence-electron chi connectivity index (χ2n) is 6.88. The van der Waals surface area contributed by atoms with Gasteiger partial charge in [-0.25, -0.2) is 19.3 Å². The van der Waals surface area contributed by atoms with Crippen molar-refractivity contribution >= 4 is 17.2 Å². The van der Waals surface area contributed by atoms with Gasteiger partial charge in [-0.05, 0) is 36.4 Å². The zero-order chi connectivity index (χ0) is 19.6. The zero-order valence-corrected chi connectivity index (χ0v) is 16.4. The van der Waals surface area contributed by atoms with Crippen LogP contribution in [-0.4, -0.2) is 53.4 Å². The van der Waals surface area contributed by atoms with Crippen LogP contribution in [0.4, 0.5) is 0 Å². The largest absolute Gasteiger partial charge is 0.336 e. The van der Waals surface area contributed by atoms with Crippen molar-refractivity contribution < 1.29 is 4.79 Å². The third-order valence-corrected chi connectivity index (χ3v) is 5.97. The molecule has 3 aromatic heterocycles. The van der Waals surface area contributed by atoms with Crippen LogP contribution >= 0.6 is 11.3 Å². The number of hydrogen-bond donors (Lipinski definition) is 0. The van der Waals surface area contributed by atoms with E-state index in [2.05, 4.69) is 20.2 Å². The van der Waals surface area contributed by atoms with Gasteiger partial charge in [0.05, 0.1) is 16.6 Å². The Balaban J connectivity index is 1.40. The van der Waals surface area contributed by atoms with E-state index >= 15 is 0 Å². The van der Waals surface area contributed by atoms with E-state index in [1.165, 1.54) is 0 Å². The van der Waals surface area contributed by atoms with Crippen LogP contribution in [0.2, 0.25) is 0 Å². The third kappa shape index (κ3) is 3.44. The topological polar surface area (TPSA) is 81.7 Å². The number of para-hydroxylation sites is 1. The van der Waals surface area contributed by atoms with Crippen LogP contribution in [0.3, 0.4) is 0 Å². The Morgan fingerprint density at radius 3 is 2.59 bits per heavy atom. The molecule has 0 N–H and O–H groups in total. The van der Waals surface area contributed by atoms with E-state index in [9.17, 15) is 4.79 Å². The van der Waals surface area contributed by atoms with Crippen LogP contribution in [0.15, 0.2) is 60.5 Å². The normalized spacial score (nSPS) is 15.0. The fraction of sp³-hybridized carbons (Fsp3) is 0.250. The minimum Gasteiger partial charge on any atom is -0.336 e. The van der Waals surface area contributed by atoms with Crippen LogP contribution in [0.25, 0.3) is 16.4 Å². The lowest BCUT2D eigenvalue weighted by Crippen LogP contribution is -2.39. The van der Waals surface area contributed by atoms with Gasteiger partial charge in [-0.1, -0.05) is 24.3 Å². The number of hydrogen-bond acceptors (Lipinski definition) is 6. The molecule has 4 heterocycles. The molecule has 0 saturated carbocycles. The smallest absolute Gasteiger partial charge is 0.293 e. The minimum atomic E-state index is -0.130. The van der Waals surface area contributed by atoms with Crippen molar-refractivity contribution in [2.75, 3.05) is 13.1 Å². The number of aromatic nitrogens is 6. The number of piperidine rings is 1. The Morgan fingerprint density at radius 1 is 1.07 bits per heavy atom. The van der Waals surface area contributed by atoms with Crippen LogP contribution in [0.1, 0.15) is 29.5 Å². The molecule has 1 saturated heterocycles. The van der Waals surface area contributed by atoms with Gasteiger partial charge in [0, 0.05) is 13.1 Å². The lowest BCUT2D eigenvalue weighted by molar-refractivity contribution is 0.0677. The lowest BCUT2D eigenvalue weighted by Gasteiger charge is -2.31. The van der Waals surface area contributed by atoms with E-state index in [-0.39, 0.29) is 17.8 Å². The summed E-state index contributed by atoms with van der Waals surface area (Å²) >= 11 is 1.58. The first kappa shape index (κ1) is 17.7. The summed E-state index contributed by atoms with van der Waals surface area (Å²) in [5, 5.41) is 10.8. The first-order chi connectivity index (χ1) is 14.3. The molecule has 0 aliphatic carbocycles. The molecule has 0 radical (unpaired) electrons. The molecule has 0 atom stereocenters. The first-order valence-electron chi connectivity index (χ1n) is 9.49. The summed E-state index contributed by atoms with van der Waals surface area (Å²) in [7, 11) is 0. The van der Waals surface area contributed by atoms with Gasteiger partial charge in [-0.2, -0.15) is 5.10 Å². The van der Waals surface area contributed by atoms with Gasteiger partial charge >= 0.3 is 0 Å². The summed E-state index contributed by atoms with van der Waals surface area (Å²) in [5.41, 5.74) is 0.882. The highest BCUT2D eigenvalue weighted by Crippen LogP contribution is 2.27. The Morgan fingerprint density at radius 2 is 1.90 bits per heavy atom. The average Bonchev–Trinajstić information content (AvgIpc) is 3.55. The number of likely N-dealkylation sites (tertiary alicyclic amines) is 1. The molecule has 1 amide bonds. The molecule has 8 nitrogen and oxygen atoms in total. The van der Waals surface area contributed by atoms with Crippen molar-refractivity contribution in [2.45, 2.75) is 18.9 Å². The molecule has 0 spiro atoms. The molecule has 1 aromatic carbocycles. The maximum atomic E-state index is 13.1. The SMILES string of the molecule is O=C(c1nc(-c2cccs2)n(-c2ccccc2)n1)N1CCC(n2cncn2)CC1. The predicted molar refractivity (Wildman–Crippen MR) is 109 cm³/mol. The molecule has 1 aliphatic heterocycles. The second-order valence-corrected chi connectivity index (χ2v) is 7.83. The highest BCUT2D eigenvalue weighted by molar-refractivity contribution is 7.13. The number of carbonyl (C=O) groups is 1. The number of nitrogens with zero attached hydrogens (tertiary/aromatic N) is 7. The summed E-state index contributed by atoms with van der Waals surface area (Å²) in [4.78, 5) is 24.6. The molecular weight excluding hydrogens is 386 g/mol. The maximum Gasteiger partial charge on any atom is 0.293 e. The number of amides is 1. The van der Waals surface area contributed by atoms with Gasteiger partial charge < -0.3 is 4.90 Å². The van der Waals surface area contributed by atoms with E-state index < -0.39 is 0 Å². The van der Waals surface area contributed by atoms with Crippen LogP contribution in [0, 0.1) is 0 Å². The highest BCUT2D eigenvalue weighted by atomic mass is 32.1. The quantitative estimate of drug-likeness (QED) is 0.521. The summed E-state index contributed by atoms with van der Waals surface area (Å²) in [6.07, 6.45) is 4.96. The second kappa shape index (κ2) is 7.59. The van der Waals surface area contributed by atoms with Crippen molar-refractivity contribution in [1.29, 1.82) is 0 Å². The molecule has 9 heteroatoms. The minimum absolute atomic E-state index is 0.130. The standard InChI is InChI=1S/C20H19N7OS/c28-20(25-10-8-15(9-11-25)26-14-21-13-22-26)18-23-19(17-7-4-12-29-17)27(24-18)16-5-2-1-3-6-16/h1-7,12-15H,8-11H2. The Kier molecular flexibility index (Phi) is 4.65. The van der Waals surface area contributed by atoms with Gasteiger partial charge in [0.25, 0.3) is 5.91 Å². The molecule has 146 valence electrons. The Hall–Kier alpha value is -3.33. The van der Waals surface area contributed by atoms with Crippen molar-refractivity contribution in [2.24, 2.45) is 0 Å². The predicted octanol–water partition coefficient (Wildman–Crippen LogP) is 3.06. The number of thiophene rings is 1. The summed E-state index contributed by atoms with van der Waals surface area (Å²) in [5.74, 6) is 0.790. The monoisotopic (exact) mass is 405 g/mol.